The lowest BCUT2D eigenvalue weighted by molar-refractivity contribution is 0.280. The number of anilines is 1. The largest absolute Gasteiger partial charge is 0.354 e. The molecule has 2 bridgehead atoms. The number of fused-ring (bicyclic) bond motifs is 5. The van der Waals surface area contributed by atoms with Crippen LogP contribution in [0.1, 0.15) is 23.6 Å². The first kappa shape index (κ1) is 21.9. The summed E-state index contributed by atoms with van der Waals surface area (Å²) in [6.45, 7) is 3.99. The normalized spacial score (nSPS) is 19.5. The molecule has 2 N–H and O–H groups in total. The Morgan fingerprint density at radius 1 is 0.943 bits per heavy atom. The van der Waals surface area contributed by atoms with E-state index in [1.54, 1.807) is 25.1 Å². The summed E-state index contributed by atoms with van der Waals surface area (Å²) in [5.74, 6) is 1.42. The van der Waals surface area contributed by atoms with Crippen molar-refractivity contribution in [2.45, 2.75) is 30.7 Å². The second-order valence-electron chi connectivity index (χ2n) is 9.55. The van der Waals surface area contributed by atoms with Gasteiger partial charge in [0.2, 0.25) is 10.0 Å². The second-order valence-corrected chi connectivity index (χ2v) is 11.1. The van der Waals surface area contributed by atoms with Crippen LogP contribution in [0.2, 0.25) is 0 Å². The van der Waals surface area contributed by atoms with E-state index in [1.165, 1.54) is 0 Å². The number of sulfonamides is 1. The molecule has 2 aliphatic rings. The zero-order valence-corrected chi connectivity index (χ0v) is 20.1. The Hall–Kier alpha value is -3.56. The lowest BCUT2D eigenvalue weighted by atomic mass is 9.83. The first-order chi connectivity index (χ1) is 16.8. The minimum atomic E-state index is -3.86. The number of piperidine rings is 1. The zero-order valence-electron chi connectivity index (χ0n) is 19.3. The Morgan fingerprint density at radius 3 is 2.54 bits per heavy atom. The molecule has 178 valence electrons. The maximum atomic E-state index is 12.4. The molecular weight excluding hydrogens is 462 g/mol. The summed E-state index contributed by atoms with van der Waals surface area (Å²) in [4.78, 5) is 14.7. The van der Waals surface area contributed by atoms with Crippen LogP contribution in [-0.4, -0.2) is 36.3 Å². The van der Waals surface area contributed by atoms with E-state index in [2.05, 4.69) is 21.2 Å². The van der Waals surface area contributed by atoms with Gasteiger partial charge in [-0.2, -0.15) is 0 Å². The van der Waals surface area contributed by atoms with E-state index < -0.39 is 10.0 Å². The first-order valence-corrected chi connectivity index (χ1v) is 13.2. The number of hydrogen-bond donors (Lipinski definition) is 1. The van der Waals surface area contributed by atoms with E-state index in [9.17, 15) is 13.2 Å². The summed E-state index contributed by atoms with van der Waals surface area (Å²) in [5.41, 5.74) is 3.01. The van der Waals surface area contributed by atoms with Gasteiger partial charge in [0, 0.05) is 53.6 Å². The van der Waals surface area contributed by atoms with Crippen LogP contribution in [-0.2, 0) is 16.6 Å². The molecule has 9 heteroatoms. The summed E-state index contributed by atoms with van der Waals surface area (Å²) in [6.07, 6.45) is 1.06. The van der Waals surface area contributed by atoms with Crippen molar-refractivity contribution >= 4 is 26.6 Å². The van der Waals surface area contributed by atoms with Crippen LogP contribution in [0.15, 0.2) is 70.4 Å². The predicted molar refractivity (Wildman–Crippen MR) is 135 cm³/mol. The third-order valence-electron chi connectivity index (χ3n) is 7.22. The standard InChI is InChI=1S/C26H25N5O3S/c1-16-9-10-18(12-23(16)35(27,33)34)25-20-5-2-3-6-21(20)26(29-28-25)30-13-17-11-19(15-30)22-7-4-8-24(32)31(22)14-17/h2-10,12,17,19H,11,13-15H2,1H3,(H2,27,33,34)/t17?,19-/m0/s1. The topological polar surface area (TPSA) is 111 Å². The fourth-order valence-corrected chi connectivity index (χ4v) is 6.47. The highest BCUT2D eigenvalue weighted by molar-refractivity contribution is 7.89. The van der Waals surface area contributed by atoms with E-state index in [-0.39, 0.29) is 16.4 Å². The zero-order chi connectivity index (χ0) is 24.3. The van der Waals surface area contributed by atoms with Gasteiger partial charge in [-0.1, -0.05) is 42.5 Å². The number of aromatic nitrogens is 3. The molecule has 0 amide bonds. The SMILES string of the molecule is Cc1ccc(-c2nnc(N3CC4C[C@@H](C3)c3cccc(=O)n3C4)c3ccccc23)cc1S(N)(=O)=O. The minimum Gasteiger partial charge on any atom is -0.354 e. The number of nitrogens with zero attached hydrogens (tertiary/aromatic N) is 4. The fourth-order valence-electron chi connectivity index (χ4n) is 5.66. The average molecular weight is 488 g/mol. The molecule has 1 saturated heterocycles. The van der Waals surface area contributed by atoms with E-state index >= 15 is 0 Å². The minimum absolute atomic E-state index is 0.0669. The number of rotatable bonds is 3. The van der Waals surface area contributed by atoms with Gasteiger partial charge in [0.1, 0.15) is 5.69 Å². The van der Waals surface area contributed by atoms with Crippen LogP contribution in [0.3, 0.4) is 0 Å². The number of nitrogens with two attached hydrogens (primary N) is 1. The fraction of sp³-hybridized carbons (Fsp3) is 0.269. The molecule has 35 heavy (non-hydrogen) atoms. The van der Waals surface area contributed by atoms with Gasteiger partial charge in [-0.3, -0.25) is 4.79 Å². The summed E-state index contributed by atoms with van der Waals surface area (Å²) in [6, 6.07) is 18.6. The molecule has 0 aliphatic carbocycles. The van der Waals surface area contributed by atoms with E-state index in [0.717, 1.165) is 41.8 Å². The van der Waals surface area contributed by atoms with Gasteiger partial charge in [0.15, 0.2) is 5.82 Å². The lowest BCUT2D eigenvalue weighted by Gasteiger charge is -2.43. The quantitative estimate of drug-likeness (QED) is 0.476. The summed E-state index contributed by atoms with van der Waals surface area (Å²) >= 11 is 0. The third-order valence-corrected chi connectivity index (χ3v) is 8.27. The highest BCUT2D eigenvalue weighted by Crippen LogP contribution is 2.39. The number of primary sulfonamides is 1. The number of aryl methyl sites for hydroxylation is 1. The van der Waals surface area contributed by atoms with Crippen molar-refractivity contribution in [1.29, 1.82) is 0 Å². The van der Waals surface area contributed by atoms with Crippen LogP contribution >= 0.6 is 0 Å². The molecule has 2 aliphatic heterocycles. The van der Waals surface area contributed by atoms with Crippen molar-refractivity contribution in [3.63, 3.8) is 0 Å². The van der Waals surface area contributed by atoms with Crippen molar-refractivity contribution in [1.82, 2.24) is 14.8 Å². The second kappa shape index (κ2) is 8.00. The van der Waals surface area contributed by atoms with Crippen molar-refractivity contribution in [3.05, 3.63) is 82.3 Å². The van der Waals surface area contributed by atoms with Crippen LogP contribution in [0.4, 0.5) is 5.82 Å². The van der Waals surface area contributed by atoms with Crippen molar-refractivity contribution < 1.29 is 8.42 Å². The monoisotopic (exact) mass is 487 g/mol. The third kappa shape index (κ3) is 3.71. The Kier molecular flexibility index (Phi) is 5.01. The molecule has 4 aromatic rings. The van der Waals surface area contributed by atoms with E-state index in [1.807, 2.05) is 41.0 Å². The van der Waals surface area contributed by atoms with Gasteiger partial charge < -0.3 is 9.47 Å². The van der Waals surface area contributed by atoms with Crippen molar-refractivity contribution in [3.8, 4) is 11.3 Å². The Morgan fingerprint density at radius 2 is 1.74 bits per heavy atom. The number of hydrogen-bond acceptors (Lipinski definition) is 6. The summed E-state index contributed by atoms with van der Waals surface area (Å²) < 4.78 is 26.1. The van der Waals surface area contributed by atoms with Crippen LogP contribution in [0, 0.1) is 12.8 Å². The Labute approximate surface area is 203 Å². The van der Waals surface area contributed by atoms with Gasteiger partial charge in [-0.05, 0) is 37.0 Å². The molecule has 6 rings (SSSR count). The molecule has 2 aromatic heterocycles. The van der Waals surface area contributed by atoms with Gasteiger partial charge in [0.25, 0.3) is 5.56 Å². The molecule has 2 aromatic carbocycles. The predicted octanol–water partition coefficient (Wildman–Crippen LogP) is 3.04. The van der Waals surface area contributed by atoms with Crippen molar-refractivity contribution in [2.24, 2.45) is 11.1 Å². The smallest absolute Gasteiger partial charge is 0.250 e. The number of benzene rings is 2. The van der Waals surface area contributed by atoms with Gasteiger partial charge >= 0.3 is 0 Å². The summed E-state index contributed by atoms with van der Waals surface area (Å²) in [5, 5.41) is 16.5. The average Bonchev–Trinajstić information content (AvgIpc) is 2.84. The molecule has 1 fully saturated rings. The number of pyridine rings is 1. The molecule has 0 saturated carbocycles. The highest BCUT2D eigenvalue weighted by Gasteiger charge is 2.35. The molecule has 2 atom stereocenters. The molecule has 1 unspecified atom stereocenters. The molecule has 4 heterocycles. The maximum Gasteiger partial charge on any atom is 0.250 e. The first-order valence-electron chi connectivity index (χ1n) is 11.6. The van der Waals surface area contributed by atoms with Crippen LogP contribution in [0.5, 0.6) is 0 Å². The van der Waals surface area contributed by atoms with Crippen molar-refractivity contribution in [2.75, 3.05) is 18.0 Å². The molecule has 0 spiro atoms. The van der Waals surface area contributed by atoms with E-state index in [0.29, 0.717) is 29.3 Å². The molecule has 0 radical (unpaired) electrons. The van der Waals surface area contributed by atoms with Crippen LogP contribution in [0.25, 0.3) is 22.0 Å². The Bertz CT molecular complexity index is 1650. The summed E-state index contributed by atoms with van der Waals surface area (Å²) in [7, 11) is -3.86. The molecule has 8 nitrogen and oxygen atoms in total. The molecular formula is C26H25N5O3S. The van der Waals surface area contributed by atoms with Gasteiger partial charge in [0.05, 0.1) is 4.90 Å². The Balaban J connectivity index is 1.44. The van der Waals surface area contributed by atoms with Gasteiger partial charge in [-0.25, -0.2) is 13.6 Å². The maximum absolute atomic E-state index is 12.4. The van der Waals surface area contributed by atoms with Crippen LogP contribution < -0.4 is 15.6 Å². The lowest BCUT2D eigenvalue weighted by Crippen LogP contribution is -2.47. The van der Waals surface area contributed by atoms with Gasteiger partial charge in [-0.15, -0.1) is 10.2 Å². The highest BCUT2D eigenvalue weighted by atomic mass is 32.2. The van der Waals surface area contributed by atoms with E-state index in [4.69, 9.17) is 5.14 Å².